The lowest BCUT2D eigenvalue weighted by Gasteiger charge is -2.32. The van der Waals surface area contributed by atoms with Crippen LogP contribution in [0.5, 0.6) is 0 Å². The van der Waals surface area contributed by atoms with E-state index in [4.69, 9.17) is 0 Å². The van der Waals surface area contributed by atoms with Crippen LogP contribution < -0.4 is 4.87 Å². The van der Waals surface area contributed by atoms with E-state index in [2.05, 4.69) is 46.0 Å². The number of fused-ring (bicyclic) bond motifs is 1. The third-order valence-corrected chi connectivity index (χ3v) is 8.15. The number of hydrogen-bond donors (Lipinski definition) is 0. The molecule has 1 amide bonds. The van der Waals surface area contributed by atoms with Gasteiger partial charge < -0.3 is 9.80 Å². The highest BCUT2D eigenvalue weighted by Crippen LogP contribution is 2.28. The summed E-state index contributed by atoms with van der Waals surface area (Å²) in [6, 6.07) is 18.3. The van der Waals surface area contributed by atoms with Gasteiger partial charge in [0.2, 0.25) is 5.91 Å². The predicted octanol–water partition coefficient (Wildman–Crippen LogP) is 5.09. The predicted molar refractivity (Wildman–Crippen MR) is 137 cm³/mol. The van der Waals surface area contributed by atoms with E-state index in [1.807, 2.05) is 36.2 Å². The number of para-hydroxylation sites is 1. The first kappa shape index (κ1) is 22.1. The van der Waals surface area contributed by atoms with Crippen LogP contribution in [0.3, 0.4) is 0 Å². The molecular weight excluding hydrogens is 450 g/mol. The number of thiophene rings is 1. The third kappa shape index (κ3) is 4.67. The number of amides is 1. The lowest BCUT2D eigenvalue weighted by atomic mass is 10.0. The number of thiazole rings is 1. The maximum Gasteiger partial charge on any atom is 0.308 e. The van der Waals surface area contributed by atoms with Gasteiger partial charge in [-0.2, -0.15) is 11.3 Å². The Morgan fingerprint density at radius 1 is 1.03 bits per heavy atom. The molecule has 33 heavy (non-hydrogen) atoms. The van der Waals surface area contributed by atoms with Crippen LogP contribution >= 0.6 is 22.7 Å². The lowest BCUT2D eigenvalue weighted by Crippen LogP contribution is -2.40. The molecule has 2 aromatic heterocycles. The van der Waals surface area contributed by atoms with Crippen LogP contribution in [0.15, 0.2) is 70.2 Å². The van der Waals surface area contributed by atoms with E-state index in [0.717, 1.165) is 35.4 Å². The minimum absolute atomic E-state index is 0.0493. The van der Waals surface area contributed by atoms with E-state index in [-0.39, 0.29) is 23.4 Å². The Kier molecular flexibility index (Phi) is 6.44. The average molecular weight is 478 g/mol. The first-order chi connectivity index (χ1) is 16.1. The summed E-state index contributed by atoms with van der Waals surface area (Å²) in [5, 5.41) is 4.23. The molecular formula is C26H27N3O2S2. The monoisotopic (exact) mass is 477 g/mol. The number of rotatable bonds is 7. The van der Waals surface area contributed by atoms with Crippen molar-refractivity contribution in [1.29, 1.82) is 0 Å². The Balaban J connectivity index is 1.41. The van der Waals surface area contributed by atoms with Crippen molar-refractivity contribution in [3.8, 4) is 11.1 Å². The fourth-order valence-electron chi connectivity index (χ4n) is 4.57. The zero-order valence-corrected chi connectivity index (χ0v) is 20.3. The highest BCUT2D eigenvalue weighted by molar-refractivity contribution is 7.16. The summed E-state index contributed by atoms with van der Waals surface area (Å²) in [5.74, 6) is -0.0493. The van der Waals surface area contributed by atoms with Gasteiger partial charge in [0, 0.05) is 13.6 Å². The van der Waals surface area contributed by atoms with Crippen LogP contribution in [-0.2, 0) is 11.3 Å². The van der Waals surface area contributed by atoms with Crippen molar-refractivity contribution in [2.45, 2.75) is 25.4 Å². The fourth-order valence-corrected chi connectivity index (χ4v) is 6.13. The SMILES string of the molecule is CN(C(=O)Cn1c(=O)sc2ccccc21)C(CN1CCCC1)c1ccc(-c2ccsc2)cc1. The maximum atomic E-state index is 13.4. The Bertz CT molecular complexity index is 1290. The quantitative estimate of drug-likeness (QED) is 0.373. The van der Waals surface area contributed by atoms with Crippen LogP contribution in [0.2, 0.25) is 0 Å². The van der Waals surface area contributed by atoms with E-state index in [1.165, 1.54) is 35.3 Å². The van der Waals surface area contributed by atoms with Crippen molar-refractivity contribution in [3.05, 3.63) is 80.6 Å². The van der Waals surface area contributed by atoms with Gasteiger partial charge in [-0.3, -0.25) is 14.2 Å². The summed E-state index contributed by atoms with van der Waals surface area (Å²) in [6.45, 7) is 3.00. The highest BCUT2D eigenvalue weighted by atomic mass is 32.1. The smallest absolute Gasteiger partial charge is 0.308 e. The Morgan fingerprint density at radius 2 is 1.79 bits per heavy atom. The number of likely N-dealkylation sites (N-methyl/N-ethyl adjacent to an activating group) is 1. The second kappa shape index (κ2) is 9.63. The molecule has 7 heteroatoms. The van der Waals surface area contributed by atoms with Crippen LogP contribution in [0.1, 0.15) is 24.4 Å². The molecule has 0 bridgehead atoms. The van der Waals surface area contributed by atoms with Gasteiger partial charge in [-0.25, -0.2) is 0 Å². The Labute approximate surface area is 201 Å². The molecule has 0 saturated carbocycles. The van der Waals surface area contributed by atoms with Crippen molar-refractivity contribution in [1.82, 2.24) is 14.4 Å². The zero-order chi connectivity index (χ0) is 22.8. The summed E-state index contributed by atoms with van der Waals surface area (Å²) in [4.78, 5) is 30.2. The first-order valence-electron chi connectivity index (χ1n) is 11.3. The molecule has 0 aliphatic carbocycles. The standard InChI is InChI=1S/C26H27N3O2S2/c1-27(25(30)17-29-22-6-2-3-7-24(22)33-26(29)31)23(16-28-13-4-5-14-28)20-10-8-19(9-11-20)21-12-15-32-18-21/h2-3,6-12,15,18,23H,4-5,13-14,16-17H2,1H3. The summed E-state index contributed by atoms with van der Waals surface area (Å²) in [7, 11) is 1.87. The molecule has 4 aromatic rings. The minimum atomic E-state index is -0.0887. The number of aromatic nitrogens is 1. The van der Waals surface area contributed by atoms with E-state index in [9.17, 15) is 9.59 Å². The Hall–Kier alpha value is -2.74. The van der Waals surface area contributed by atoms with Gasteiger partial charge in [0.15, 0.2) is 0 Å². The molecule has 5 rings (SSSR count). The zero-order valence-electron chi connectivity index (χ0n) is 18.6. The molecule has 1 saturated heterocycles. The number of benzene rings is 2. The summed E-state index contributed by atoms with van der Waals surface area (Å²) in [5.41, 5.74) is 4.35. The van der Waals surface area contributed by atoms with E-state index in [1.54, 1.807) is 15.9 Å². The molecule has 1 atom stereocenters. The number of likely N-dealkylation sites (tertiary alicyclic amines) is 1. The molecule has 0 spiro atoms. The summed E-state index contributed by atoms with van der Waals surface area (Å²) >= 11 is 2.88. The second-order valence-corrected chi connectivity index (χ2v) is 10.4. The largest absolute Gasteiger partial charge is 0.336 e. The van der Waals surface area contributed by atoms with Crippen LogP contribution in [0, 0.1) is 0 Å². The molecule has 1 aliphatic rings. The Morgan fingerprint density at radius 3 is 2.52 bits per heavy atom. The van der Waals surface area contributed by atoms with E-state index >= 15 is 0 Å². The van der Waals surface area contributed by atoms with Gasteiger partial charge in [-0.15, -0.1) is 0 Å². The van der Waals surface area contributed by atoms with Crippen molar-refractivity contribution in [2.75, 3.05) is 26.7 Å². The van der Waals surface area contributed by atoms with Gasteiger partial charge in [0.25, 0.3) is 0 Å². The van der Waals surface area contributed by atoms with Crippen molar-refractivity contribution in [3.63, 3.8) is 0 Å². The van der Waals surface area contributed by atoms with Crippen LogP contribution in [0.25, 0.3) is 21.3 Å². The molecule has 0 radical (unpaired) electrons. The average Bonchev–Trinajstić information content (AvgIpc) is 3.60. The normalized spacial score (nSPS) is 15.2. The summed E-state index contributed by atoms with van der Waals surface area (Å²) < 4.78 is 2.52. The van der Waals surface area contributed by atoms with Gasteiger partial charge >= 0.3 is 4.87 Å². The van der Waals surface area contributed by atoms with Gasteiger partial charge in [-0.05, 0) is 71.6 Å². The first-order valence-corrected chi connectivity index (χ1v) is 13.0. The minimum Gasteiger partial charge on any atom is -0.336 e. The third-order valence-electron chi connectivity index (χ3n) is 6.51. The molecule has 3 heterocycles. The van der Waals surface area contributed by atoms with E-state index < -0.39 is 0 Å². The highest BCUT2D eigenvalue weighted by Gasteiger charge is 2.26. The molecule has 5 nitrogen and oxygen atoms in total. The summed E-state index contributed by atoms with van der Waals surface area (Å²) in [6.07, 6.45) is 2.41. The molecule has 1 fully saturated rings. The second-order valence-electron chi connectivity index (χ2n) is 8.58. The maximum absolute atomic E-state index is 13.4. The van der Waals surface area contributed by atoms with Gasteiger partial charge in [0.1, 0.15) is 6.54 Å². The number of nitrogens with zero attached hydrogens (tertiary/aromatic N) is 3. The number of carbonyl (C=O) groups excluding carboxylic acids is 1. The lowest BCUT2D eigenvalue weighted by molar-refractivity contribution is -0.133. The van der Waals surface area contributed by atoms with Gasteiger partial charge in [-0.1, -0.05) is 47.7 Å². The number of hydrogen-bond acceptors (Lipinski definition) is 5. The van der Waals surface area contributed by atoms with Crippen LogP contribution in [0.4, 0.5) is 0 Å². The topological polar surface area (TPSA) is 45.6 Å². The van der Waals surface area contributed by atoms with Crippen molar-refractivity contribution >= 4 is 38.8 Å². The molecule has 2 aromatic carbocycles. The van der Waals surface area contributed by atoms with Crippen molar-refractivity contribution < 1.29 is 4.79 Å². The molecule has 1 unspecified atom stereocenters. The van der Waals surface area contributed by atoms with Gasteiger partial charge in [0.05, 0.1) is 16.3 Å². The van der Waals surface area contributed by atoms with Crippen LogP contribution in [-0.4, -0.2) is 47.0 Å². The fraction of sp³-hybridized carbons (Fsp3) is 0.308. The van der Waals surface area contributed by atoms with E-state index in [0.29, 0.717) is 0 Å². The molecule has 170 valence electrons. The van der Waals surface area contributed by atoms with Crippen molar-refractivity contribution in [2.24, 2.45) is 0 Å². The molecule has 0 N–H and O–H groups in total. The number of carbonyl (C=O) groups is 1. The molecule has 1 aliphatic heterocycles.